The average molecular weight is 405 g/mol. The largest absolute Gasteiger partial charge is 0.461 e. The summed E-state index contributed by atoms with van der Waals surface area (Å²) in [6, 6.07) is 9.12. The fourth-order valence-corrected chi connectivity index (χ4v) is 3.44. The highest BCUT2D eigenvalue weighted by atomic mass is 35.5. The number of rotatable bonds is 7. The quantitative estimate of drug-likeness (QED) is 0.567. The molecule has 0 saturated carbocycles. The molecule has 2 heterocycles. The minimum atomic E-state index is -0.126. The highest BCUT2D eigenvalue weighted by Gasteiger charge is 2.18. The third kappa shape index (κ3) is 4.93. The first-order valence-corrected chi connectivity index (χ1v) is 9.96. The van der Waals surface area contributed by atoms with Crippen LogP contribution in [0.15, 0.2) is 46.2 Å². The molecule has 0 spiro atoms. The molecule has 0 unspecified atom stereocenters. The number of hydrogen-bond donors (Lipinski definition) is 1. The number of carbonyl (C=O) groups is 1. The number of amides is 1. The topological polar surface area (TPSA) is 73.0 Å². The van der Waals surface area contributed by atoms with Crippen molar-refractivity contribution < 1.29 is 9.21 Å². The van der Waals surface area contributed by atoms with Crippen LogP contribution in [0.3, 0.4) is 0 Å². The predicted octanol–water partition coefficient (Wildman–Crippen LogP) is 4.89. The molecular weight excluding hydrogens is 384 g/mol. The first-order chi connectivity index (χ1) is 12.9. The molecule has 142 valence electrons. The van der Waals surface area contributed by atoms with Gasteiger partial charge in [0.2, 0.25) is 5.91 Å². The first-order valence-electron chi connectivity index (χ1n) is 8.60. The highest BCUT2D eigenvalue weighted by Crippen LogP contribution is 2.26. The Kier molecular flexibility index (Phi) is 6.23. The summed E-state index contributed by atoms with van der Waals surface area (Å²) in [5.74, 6) is 1.83. The van der Waals surface area contributed by atoms with Gasteiger partial charge in [-0.05, 0) is 42.7 Å². The molecule has 0 atom stereocenters. The summed E-state index contributed by atoms with van der Waals surface area (Å²) in [4.78, 5) is 12.3. The molecule has 0 bridgehead atoms. The van der Waals surface area contributed by atoms with Crippen LogP contribution in [0.25, 0.3) is 11.6 Å². The number of carbonyl (C=O) groups excluding carboxylic acids is 1. The third-order valence-electron chi connectivity index (χ3n) is 3.79. The van der Waals surface area contributed by atoms with Crippen LogP contribution in [0.1, 0.15) is 19.4 Å². The van der Waals surface area contributed by atoms with E-state index in [0.29, 0.717) is 33.4 Å². The minimum Gasteiger partial charge on any atom is -0.461 e. The SMILES string of the molecule is Cc1ccc(NC(=O)CSc2nnc(-c3ccco3)n2CC(C)C)cc1Cl. The summed E-state index contributed by atoms with van der Waals surface area (Å²) in [5.41, 5.74) is 1.65. The number of nitrogens with zero attached hydrogens (tertiary/aromatic N) is 3. The Morgan fingerprint density at radius 1 is 1.33 bits per heavy atom. The first kappa shape index (κ1) is 19.5. The van der Waals surface area contributed by atoms with Crippen LogP contribution >= 0.6 is 23.4 Å². The second-order valence-electron chi connectivity index (χ2n) is 6.59. The monoisotopic (exact) mass is 404 g/mol. The van der Waals surface area contributed by atoms with E-state index in [-0.39, 0.29) is 11.7 Å². The lowest BCUT2D eigenvalue weighted by atomic mass is 10.2. The molecule has 3 rings (SSSR count). The highest BCUT2D eigenvalue weighted by molar-refractivity contribution is 7.99. The number of nitrogens with one attached hydrogen (secondary N) is 1. The summed E-state index contributed by atoms with van der Waals surface area (Å²) in [6.45, 7) is 6.89. The molecule has 0 radical (unpaired) electrons. The van der Waals surface area contributed by atoms with Crippen molar-refractivity contribution in [2.24, 2.45) is 5.92 Å². The van der Waals surface area contributed by atoms with Gasteiger partial charge < -0.3 is 9.73 Å². The standard InChI is InChI=1S/C19H21ClN4O2S/c1-12(2)10-24-18(16-5-4-8-26-16)22-23-19(24)27-11-17(25)21-14-7-6-13(3)15(20)9-14/h4-9,12H,10-11H2,1-3H3,(H,21,25). The molecule has 0 fully saturated rings. The summed E-state index contributed by atoms with van der Waals surface area (Å²) < 4.78 is 7.45. The maximum absolute atomic E-state index is 12.3. The van der Waals surface area contributed by atoms with Crippen molar-refractivity contribution in [3.05, 3.63) is 47.2 Å². The normalized spacial score (nSPS) is 11.1. The van der Waals surface area contributed by atoms with Gasteiger partial charge in [0, 0.05) is 17.3 Å². The number of furan rings is 1. The van der Waals surface area contributed by atoms with E-state index in [9.17, 15) is 4.79 Å². The Labute approximate surface area is 167 Å². The van der Waals surface area contributed by atoms with Crippen LogP contribution in [-0.2, 0) is 11.3 Å². The van der Waals surface area contributed by atoms with Gasteiger partial charge in [-0.1, -0.05) is 43.3 Å². The number of aromatic nitrogens is 3. The van der Waals surface area contributed by atoms with Crippen LogP contribution in [0.2, 0.25) is 5.02 Å². The third-order valence-corrected chi connectivity index (χ3v) is 5.17. The van der Waals surface area contributed by atoms with Gasteiger partial charge in [-0.15, -0.1) is 10.2 Å². The van der Waals surface area contributed by atoms with Crippen molar-refractivity contribution in [3.63, 3.8) is 0 Å². The lowest BCUT2D eigenvalue weighted by molar-refractivity contribution is -0.113. The van der Waals surface area contributed by atoms with E-state index in [1.807, 2.05) is 35.8 Å². The van der Waals surface area contributed by atoms with Crippen LogP contribution in [-0.4, -0.2) is 26.4 Å². The zero-order valence-electron chi connectivity index (χ0n) is 15.4. The van der Waals surface area contributed by atoms with Gasteiger partial charge in [-0.3, -0.25) is 9.36 Å². The van der Waals surface area contributed by atoms with E-state index in [0.717, 1.165) is 12.1 Å². The maximum atomic E-state index is 12.3. The zero-order valence-corrected chi connectivity index (χ0v) is 17.0. The van der Waals surface area contributed by atoms with Crippen LogP contribution in [0.5, 0.6) is 0 Å². The lowest BCUT2D eigenvalue weighted by Crippen LogP contribution is -2.15. The van der Waals surface area contributed by atoms with E-state index < -0.39 is 0 Å². The van der Waals surface area contributed by atoms with E-state index in [1.165, 1.54) is 11.8 Å². The molecule has 8 heteroatoms. The summed E-state index contributed by atoms with van der Waals surface area (Å²) in [7, 11) is 0. The number of halogens is 1. The predicted molar refractivity (Wildman–Crippen MR) is 108 cm³/mol. The number of aryl methyl sites for hydroxylation is 1. The van der Waals surface area contributed by atoms with Gasteiger partial charge in [-0.25, -0.2) is 0 Å². The number of benzene rings is 1. The lowest BCUT2D eigenvalue weighted by Gasteiger charge is -2.11. The van der Waals surface area contributed by atoms with Gasteiger partial charge in [0.15, 0.2) is 16.7 Å². The molecule has 1 aromatic carbocycles. The van der Waals surface area contributed by atoms with Gasteiger partial charge >= 0.3 is 0 Å². The smallest absolute Gasteiger partial charge is 0.234 e. The van der Waals surface area contributed by atoms with Crippen molar-refractivity contribution in [1.29, 1.82) is 0 Å². The number of hydrogen-bond acceptors (Lipinski definition) is 5. The fraction of sp³-hybridized carbons (Fsp3) is 0.316. The van der Waals surface area contributed by atoms with Crippen LogP contribution in [0, 0.1) is 12.8 Å². The molecule has 6 nitrogen and oxygen atoms in total. The van der Waals surface area contributed by atoms with Gasteiger partial charge in [0.05, 0.1) is 12.0 Å². The van der Waals surface area contributed by atoms with E-state index in [2.05, 4.69) is 29.4 Å². The second-order valence-corrected chi connectivity index (χ2v) is 7.94. The number of thioether (sulfide) groups is 1. The molecule has 1 N–H and O–H groups in total. The molecule has 2 aromatic heterocycles. The molecule has 0 aliphatic rings. The van der Waals surface area contributed by atoms with Gasteiger partial charge in [0.25, 0.3) is 0 Å². The van der Waals surface area contributed by atoms with E-state index >= 15 is 0 Å². The van der Waals surface area contributed by atoms with Gasteiger partial charge in [0.1, 0.15) is 0 Å². The maximum Gasteiger partial charge on any atom is 0.234 e. The second kappa shape index (κ2) is 8.63. The minimum absolute atomic E-state index is 0.126. The number of anilines is 1. The van der Waals surface area contributed by atoms with Crippen molar-refractivity contribution in [1.82, 2.24) is 14.8 Å². The van der Waals surface area contributed by atoms with E-state index in [1.54, 1.807) is 12.3 Å². The average Bonchev–Trinajstić information content (AvgIpc) is 3.26. The Bertz CT molecular complexity index is 922. The van der Waals surface area contributed by atoms with Crippen molar-refractivity contribution >= 4 is 35.0 Å². The van der Waals surface area contributed by atoms with Crippen molar-refractivity contribution in [3.8, 4) is 11.6 Å². The molecular formula is C19H21ClN4O2S. The summed E-state index contributed by atoms with van der Waals surface area (Å²) in [6.07, 6.45) is 1.61. The van der Waals surface area contributed by atoms with Crippen LogP contribution < -0.4 is 5.32 Å². The summed E-state index contributed by atoms with van der Waals surface area (Å²) in [5, 5.41) is 12.7. The Morgan fingerprint density at radius 3 is 2.81 bits per heavy atom. The Morgan fingerprint density at radius 2 is 2.15 bits per heavy atom. The molecule has 27 heavy (non-hydrogen) atoms. The Balaban J connectivity index is 1.69. The van der Waals surface area contributed by atoms with Crippen molar-refractivity contribution in [2.75, 3.05) is 11.1 Å². The van der Waals surface area contributed by atoms with E-state index in [4.69, 9.17) is 16.0 Å². The van der Waals surface area contributed by atoms with Crippen LogP contribution in [0.4, 0.5) is 5.69 Å². The summed E-state index contributed by atoms with van der Waals surface area (Å²) >= 11 is 7.45. The molecule has 1 amide bonds. The molecule has 3 aromatic rings. The molecule has 0 saturated heterocycles. The fourth-order valence-electron chi connectivity index (χ4n) is 2.51. The van der Waals surface area contributed by atoms with Gasteiger partial charge in [-0.2, -0.15) is 0 Å². The Hall–Kier alpha value is -2.25. The zero-order chi connectivity index (χ0) is 19.4. The molecule has 0 aliphatic heterocycles. The van der Waals surface area contributed by atoms with Crippen molar-refractivity contribution in [2.45, 2.75) is 32.5 Å². The molecule has 0 aliphatic carbocycles.